The molecule has 0 atom stereocenters. The van der Waals surface area contributed by atoms with E-state index in [9.17, 15) is 9.18 Å². The van der Waals surface area contributed by atoms with Crippen molar-refractivity contribution in [1.29, 1.82) is 0 Å². The van der Waals surface area contributed by atoms with Crippen LogP contribution < -0.4 is 24.8 Å². The SMILES string of the molecule is COc1cc2nccc(Oc3ccc(NC(=O)c4cnc(Cl)cc4Nc4cccc(F)c4)cc3)c2cc1OC. The number of nitrogens with one attached hydrogen (secondary N) is 2. The topological polar surface area (TPSA) is 94.6 Å². The van der Waals surface area contributed by atoms with Gasteiger partial charge in [0, 0.05) is 35.2 Å². The molecule has 2 aromatic heterocycles. The Morgan fingerprint density at radius 3 is 2.38 bits per heavy atom. The number of ether oxygens (including phenoxy) is 3. The Morgan fingerprint density at radius 1 is 0.872 bits per heavy atom. The molecule has 0 unspecified atom stereocenters. The third-order valence-electron chi connectivity index (χ3n) is 5.77. The standard InChI is InChI=1S/C29H22ClFN4O4/c1-37-26-13-21-23(14-27(26)38-2)32-11-10-25(21)39-20-8-6-18(7-9-20)35-29(36)22-16-33-28(30)15-24(22)34-19-5-3-4-17(31)12-19/h3-16H,1-2H3,(H,33,34)(H,35,36). The largest absolute Gasteiger partial charge is 0.493 e. The molecule has 196 valence electrons. The Labute approximate surface area is 228 Å². The third-order valence-corrected chi connectivity index (χ3v) is 5.97. The van der Waals surface area contributed by atoms with Crippen molar-refractivity contribution >= 4 is 45.5 Å². The third kappa shape index (κ3) is 5.83. The molecule has 5 aromatic rings. The number of methoxy groups -OCH3 is 2. The van der Waals surface area contributed by atoms with Gasteiger partial charge in [0.1, 0.15) is 22.5 Å². The first-order valence-corrected chi connectivity index (χ1v) is 12.1. The van der Waals surface area contributed by atoms with Crippen LogP contribution in [-0.4, -0.2) is 30.1 Å². The molecule has 5 rings (SSSR count). The van der Waals surface area contributed by atoms with Crippen molar-refractivity contribution in [2.24, 2.45) is 0 Å². The normalized spacial score (nSPS) is 10.7. The Balaban J connectivity index is 1.33. The van der Waals surface area contributed by atoms with Gasteiger partial charge in [-0.3, -0.25) is 9.78 Å². The summed E-state index contributed by atoms with van der Waals surface area (Å²) in [6, 6.07) is 19.6. The van der Waals surface area contributed by atoms with Crippen molar-refractivity contribution in [3.63, 3.8) is 0 Å². The number of pyridine rings is 2. The molecule has 10 heteroatoms. The fourth-order valence-electron chi connectivity index (χ4n) is 3.90. The van der Waals surface area contributed by atoms with Gasteiger partial charge >= 0.3 is 0 Å². The first-order valence-electron chi connectivity index (χ1n) is 11.7. The molecular formula is C29H22ClFN4O4. The maximum Gasteiger partial charge on any atom is 0.259 e. The Hall–Kier alpha value is -4.89. The molecule has 8 nitrogen and oxygen atoms in total. The van der Waals surface area contributed by atoms with Crippen molar-refractivity contribution in [2.75, 3.05) is 24.9 Å². The number of aromatic nitrogens is 2. The molecule has 0 aliphatic heterocycles. The van der Waals surface area contributed by atoms with E-state index in [1.54, 1.807) is 75.0 Å². The van der Waals surface area contributed by atoms with E-state index in [0.29, 0.717) is 45.6 Å². The number of hydrogen-bond donors (Lipinski definition) is 2. The highest BCUT2D eigenvalue weighted by atomic mass is 35.5. The summed E-state index contributed by atoms with van der Waals surface area (Å²) in [5.74, 6) is 1.43. The van der Waals surface area contributed by atoms with E-state index < -0.39 is 11.7 Å². The van der Waals surface area contributed by atoms with Gasteiger partial charge < -0.3 is 24.8 Å². The van der Waals surface area contributed by atoms with Crippen molar-refractivity contribution in [3.05, 3.63) is 102 Å². The number of hydrogen-bond acceptors (Lipinski definition) is 7. The number of carbonyl (C=O) groups is 1. The first kappa shape index (κ1) is 25.7. The fourth-order valence-corrected chi connectivity index (χ4v) is 4.06. The summed E-state index contributed by atoms with van der Waals surface area (Å²) in [5, 5.41) is 6.79. The minimum absolute atomic E-state index is 0.187. The lowest BCUT2D eigenvalue weighted by Crippen LogP contribution is -2.14. The van der Waals surface area contributed by atoms with Gasteiger partial charge in [0.15, 0.2) is 11.5 Å². The highest BCUT2D eigenvalue weighted by Gasteiger charge is 2.15. The molecule has 0 saturated carbocycles. The number of carbonyl (C=O) groups excluding carboxylic acids is 1. The highest BCUT2D eigenvalue weighted by molar-refractivity contribution is 6.30. The van der Waals surface area contributed by atoms with Crippen LogP contribution in [0.15, 0.2) is 85.2 Å². The minimum atomic E-state index is -0.423. The van der Waals surface area contributed by atoms with Gasteiger partial charge in [-0.05, 0) is 60.7 Å². The Morgan fingerprint density at radius 2 is 1.64 bits per heavy atom. The summed E-state index contributed by atoms with van der Waals surface area (Å²) in [6.45, 7) is 0. The molecule has 1 amide bonds. The number of benzene rings is 3. The quantitative estimate of drug-likeness (QED) is 0.199. The van der Waals surface area contributed by atoms with Gasteiger partial charge in [-0.1, -0.05) is 17.7 Å². The fraction of sp³-hybridized carbons (Fsp3) is 0.0690. The van der Waals surface area contributed by atoms with Gasteiger partial charge in [0.25, 0.3) is 5.91 Å². The van der Waals surface area contributed by atoms with Crippen molar-refractivity contribution in [3.8, 4) is 23.0 Å². The lowest BCUT2D eigenvalue weighted by atomic mass is 10.1. The number of fused-ring (bicyclic) bond motifs is 1. The number of amides is 1. The van der Waals surface area contributed by atoms with E-state index in [1.807, 2.05) is 0 Å². The van der Waals surface area contributed by atoms with Crippen LogP contribution in [0.2, 0.25) is 5.15 Å². The summed E-state index contributed by atoms with van der Waals surface area (Å²) >= 11 is 6.04. The molecule has 0 spiro atoms. The van der Waals surface area contributed by atoms with Crippen LogP contribution in [0.3, 0.4) is 0 Å². The summed E-state index contributed by atoms with van der Waals surface area (Å²) in [5.41, 5.74) is 2.30. The van der Waals surface area contributed by atoms with E-state index >= 15 is 0 Å². The van der Waals surface area contributed by atoms with Crippen molar-refractivity contribution in [2.45, 2.75) is 0 Å². The zero-order valence-electron chi connectivity index (χ0n) is 20.9. The maximum atomic E-state index is 13.6. The van der Waals surface area contributed by atoms with Crippen LogP contribution in [-0.2, 0) is 0 Å². The molecule has 0 bridgehead atoms. The van der Waals surface area contributed by atoms with E-state index in [-0.39, 0.29) is 10.7 Å². The first-order chi connectivity index (χ1) is 18.9. The molecule has 0 saturated heterocycles. The number of halogens is 2. The number of anilines is 3. The molecule has 39 heavy (non-hydrogen) atoms. The lowest BCUT2D eigenvalue weighted by molar-refractivity contribution is 0.102. The number of rotatable bonds is 8. The molecule has 0 fully saturated rings. The second-order valence-corrected chi connectivity index (χ2v) is 8.69. The molecule has 0 aliphatic rings. The minimum Gasteiger partial charge on any atom is -0.493 e. The molecule has 2 N–H and O–H groups in total. The summed E-state index contributed by atoms with van der Waals surface area (Å²) in [4.78, 5) is 21.5. The molecular weight excluding hydrogens is 523 g/mol. The average Bonchev–Trinajstić information content (AvgIpc) is 2.93. The van der Waals surface area contributed by atoms with Crippen LogP contribution in [0, 0.1) is 5.82 Å². The molecule has 0 aliphatic carbocycles. The van der Waals surface area contributed by atoms with E-state index in [2.05, 4.69) is 20.6 Å². The van der Waals surface area contributed by atoms with Crippen LogP contribution in [0.4, 0.5) is 21.5 Å². The molecule has 2 heterocycles. The second kappa shape index (κ2) is 11.2. The van der Waals surface area contributed by atoms with Gasteiger partial charge in [-0.25, -0.2) is 9.37 Å². The van der Waals surface area contributed by atoms with Crippen LogP contribution in [0.1, 0.15) is 10.4 Å². The predicted octanol–water partition coefficient (Wildman–Crippen LogP) is 7.23. The van der Waals surface area contributed by atoms with E-state index in [4.69, 9.17) is 25.8 Å². The average molecular weight is 545 g/mol. The number of nitrogens with zero attached hydrogens (tertiary/aromatic N) is 2. The van der Waals surface area contributed by atoms with Gasteiger partial charge in [0.05, 0.1) is 31.0 Å². The summed E-state index contributed by atoms with van der Waals surface area (Å²) in [6.07, 6.45) is 3.00. The van der Waals surface area contributed by atoms with Crippen LogP contribution in [0.5, 0.6) is 23.0 Å². The second-order valence-electron chi connectivity index (χ2n) is 8.30. The molecule has 0 radical (unpaired) electrons. The zero-order valence-corrected chi connectivity index (χ0v) is 21.6. The summed E-state index contributed by atoms with van der Waals surface area (Å²) < 4.78 is 30.5. The van der Waals surface area contributed by atoms with Gasteiger partial charge in [-0.2, -0.15) is 0 Å². The Kier molecular flexibility index (Phi) is 7.42. The van der Waals surface area contributed by atoms with E-state index in [0.717, 1.165) is 5.39 Å². The monoisotopic (exact) mass is 544 g/mol. The maximum absolute atomic E-state index is 13.6. The summed E-state index contributed by atoms with van der Waals surface area (Å²) in [7, 11) is 3.13. The Bertz CT molecular complexity index is 1660. The van der Waals surface area contributed by atoms with Crippen molar-refractivity contribution < 1.29 is 23.4 Å². The smallest absolute Gasteiger partial charge is 0.259 e. The van der Waals surface area contributed by atoms with Crippen LogP contribution in [0.25, 0.3) is 10.9 Å². The van der Waals surface area contributed by atoms with Crippen molar-refractivity contribution in [1.82, 2.24) is 9.97 Å². The van der Waals surface area contributed by atoms with E-state index in [1.165, 1.54) is 24.4 Å². The van der Waals surface area contributed by atoms with Gasteiger partial charge in [-0.15, -0.1) is 0 Å². The highest BCUT2D eigenvalue weighted by Crippen LogP contribution is 2.37. The predicted molar refractivity (Wildman–Crippen MR) is 148 cm³/mol. The molecule has 3 aromatic carbocycles. The lowest BCUT2D eigenvalue weighted by Gasteiger charge is -2.14. The van der Waals surface area contributed by atoms with Gasteiger partial charge in [0.2, 0.25) is 0 Å². The zero-order chi connectivity index (χ0) is 27.4. The van der Waals surface area contributed by atoms with Crippen LogP contribution >= 0.6 is 11.6 Å².